The maximum absolute atomic E-state index is 12.5. The van der Waals surface area contributed by atoms with Crippen LogP contribution in [0.5, 0.6) is 0 Å². The molecule has 0 bridgehead atoms. The summed E-state index contributed by atoms with van der Waals surface area (Å²) in [5.41, 5.74) is 1.06. The number of carbonyl (C=O) groups is 2. The van der Waals surface area contributed by atoms with Crippen molar-refractivity contribution in [2.75, 3.05) is 11.9 Å². The van der Waals surface area contributed by atoms with Crippen molar-refractivity contribution in [2.24, 2.45) is 5.41 Å². The van der Waals surface area contributed by atoms with Gasteiger partial charge in [0, 0.05) is 12.2 Å². The van der Waals surface area contributed by atoms with Crippen molar-refractivity contribution >= 4 is 17.5 Å². The summed E-state index contributed by atoms with van der Waals surface area (Å²) in [7, 11) is 0. The Morgan fingerprint density at radius 2 is 1.86 bits per heavy atom. The van der Waals surface area contributed by atoms with Crippen molar-refractivity contribution in [3.05, 3.63) is 29.8 Å². The Morgan fingerprint density at radius 3 is 2.43 bits per heavy atom. The molecule has 114 valence electrons. The van der Waals surface area contributed by atoms with Gasteiger partial charge in [-0.05, 0) is 36.8 Å². The molecule has 1 aromatic rings. The van der Waals surface area contributed by atoms with Gasteiger partial charge < -0.3 is 10.6 Å². The topological polar surface area (TPSA) is 58.2 Å². The predicted molar refractivity (Wildman–Crippen MR) is 84.1 cm³/mol. The number of anilines is 1. The van der Waals surface area contributed by atoms with Crippen LogP contribution in [0, 0.1) is 5.41 Å². The van der Waals surface area contributed by atoms with E-state index in [0.29, 0.717) is 25.3 Å². The van der Waals surface area contributed by atoms with Crippen LogP contribution in [0.15, 0.2) is 24.3 Å². The second-order valence-electron chi connectivity index (χ2n) is 6.03. The zero-order valence-corrected chi connectivity index (χ0v) is 13.0. The number of para-hydroxylation sites is 1. The second-order valence-corrected chi connectivity index (χ2v) is 6.03. The minimum absolute atomic E-state index is 0.135. The second kappa shape index (κ2) is 6.29. The minimum Gasteiger partial charge on any atom is -0.355 e. The first-order valence-corrected chi connectivity index (χ1v) is 7.70. The van der Waals surface area contributed by atoms with E-state index in [0.717, 1.165) is 17.7 Å². The molecule has 2 rings (SSSR count). The van der Waals surface area contributed by atoms with Crippen molar-refractivity contribution in [1.29, 1.82) is 0 Å². The van der Waals surface area contributed by atoms with Gasteiger partial charge >= 0.3 is 0 Å². The Hall–Kier alpha value is -1.84. The first kappa shape index (κ1) is 15.5. The molecule has 4 heteroatoms. The van der Waals surface area contributed by atoms with Crippen LogP contribution < -0.4 is 10.6 Å². The van der Waals surface area contributed by atoms with E-state index in [-0.39, 0.29) is 11.8 Å². The fourth-order valence-corrected chi connectivity index (χ4v) is 2.45. The third-order valence-corrected chi connectivity index (χ3v) is 3.99. The lowest BCUT2D eigenvalue weighted by Gasteiger charge is -2.18. The highest BCUT2D eigenvalue weighted by atomic mass is 16.2. The van der Waals surface area contributed by atoms with E-state index in [9.17, 15) is 9.59 Å². The number of hydrogen-bond donors (Lipinski definition) is 2. The van der Waals surface area contributed by atoms with Crippen molar-refractivity contribution < 1.29 is 9.59 Å². The lowest BCUT2D eigenvalue weighted by atomic mass is 9.99. The summed E-state index contributed by atoms with van der Waals surface area (Å²) in [6.07, 6.45) is 2.15. The highest BCUT2D eigenvalue weighted by molar-refractivity contribution is 6.13. The number of nitrogens with one attached hydrogen (secondary N) is 2. The number of carbonyl (C=O) groups excluding carboxylic acids is 2. The van der Waals surface area contributed by atoms with E-state index < -0.39 is 5.41 Å². The first-order chi connectivity index (χ1) is 10.0. The summed E-state index contributed by atoms with van der Waals surface area (Å²) in [6.45, 7) is 6.80. The molecule has 0 radical (unpaired) electrons. The third-order valence-electron chi connectivity index (χ3n) is 3.99. The van der Waals surface area contributed by atoms with Gasteiger partial charge in [-0.2, -0.15) is 0 Å². The molecule has 1 aromatic carbocycles. The van der Waals surface area contributed by atoms with Gasteiger partial charge in [0.2, 0.25) is 11.8 Å². The fourth-order valence-electron chi connectivity index (χ4n) is 2.45. The van der Waals surface area contributed by atoms with E-state index >= 15 is 0 Å². The lowest BCUT2D eigenvalue weighted by Crippen LogP contribution is -2.40. The van der Waals surface area contributed by atoms with Crippen LogP contribution in [0.2, 0.25) is 0 Å². The Morgan fingerprint density at radius 1 is 1.19 bits per heavy atom. The van der Waals surface area contributed by atoms with E-state index in [4.69, 9.17) is 0 Å². The van der Waals surface area contributed by atoms with Gasteiger partial charge in [0.25, 0.3) is 0 Å². The van der Waals surface area contributed by atoms with Gasteiger partial charge in [0.05, 0.1) is 0 Å². The molecule has 1 aliphatic carbocycles. The molecule has 0 aromatic heterocycles. The molecule has 0 atom stereocenters. The van der Waals surface area contributed by atoms with Gasteiger partial charge in [-0.15, -0.1) is 0 Å². The first-order valence-electron chi connectivity index (χ1n) is 7.70. The molecular formula is C17H24N2O2. The van der Waals surface area contributed by atoms with Crippen LogP contribution in [-0.4, -0.2) is 18.4 Å². The number of rotatable bonds is 6. The van der Waals surface area contributed by atoms with E-state index in [2.05, 4.69) is 24.5 Å². The largest absolute Gasteiger partial charge is 0.355 e. The van der Waals surface area contributed by atoms with Crippen molar-refractivity contribution in [2.45, 2.75) is 46.0 Å². The summed E-state index contributed by atoms with van der Waals surface area (Å²) in [4.78, 5) is 24.7. The van der Waals surface area contributed by atoms with Crippen LogP contribution in [0.4, 0.5) is 5.69 Å². The molecule has 1 saturated carbocycles. The summed E-state index contributed by atoms with van der Waals surface area (Å²) in [5.74, 6) is 0.0126. The highest BCUT2D eigenvalue weighted by Crippen LogP contribution is 2.47. The molecular weight excluding hydrogens is 264 g/mol. The monoisotopic (exact) mass is 288 g/mol. The molecule has 21 heavy (non-hydrogen) atoms. The van der Waals surface area contributed by atoms with E-state index in [1.807, 2.05) is 31.2 Å². The van der Waals surface area contributed by atoms with Crippen LogP contribution in [0.1, 0.15) is 51.5 Å². The molecule has 0 spiro atoms. The van der Waals surface area contributed by atoms with Gasteiger partial charge in [-0.1, -0.05) is 39.0 Å². The van der Waals surface area contributed by atoms with Gasteiger partial charge in [0.1, 0.15) is 5.41 Å². The molecule has 1 fully saturated rings. The Bertz CT molecular complexity index is 533. The normalized spacial score (nSPS) is 15.6. The predicted octanol–water partition coefficient (Wildman–Crippen LogP) is 3.05. The number of benzene rings is 1. The van der Waals surface area contributed by atoms with Crippen LogP contribution in [-0.2, 0) is 9.59 Å². The van der Waals surface area contributed by atoms with Gasteiger partial charge in [0.15, 0.2) is 0 Å². The lowest BCUT2D eigenvalue weighted by molar-refractivity contribution is -0.134. The Labute approximate surface area is 126 Å². The van der Waals surface area contributed by atoms with Crippen molar-refractivity contribution in [1.82, 2.24) is 5.32 Å². The summed E-state index contributed by atoms with van der Waals surface area (Å²) in [5, 5.41) is 5.79. The fraction of sp³-hybridized carbons (Fsp3) is 0.529. The smallest absolute Gasteiger partial charge is 0.240 e. The molecule has 0 aliphatic heterocycles. The number of amides is 2. The summed E-state index contributed by atoms with van der Waals surface area (Å²) < 4.78 is 0. The quantitative estimate of drug-likeness (QED) is 0.790. The van der Waals surface area contributed by atoms with Crippen LogP contribution in [0.25, 0.3) is 0 Å². The van der Waals surface area contributed by atoms with Gasteiger partial charge in [-0.25, -0.2) is 0 Å². The molecule has 1 aliphatic rings. The van der Waals surface area contributed by atoms with E-state index in [1.165, 1.54) is 0 Å². The maximum atomic E-state index is 12.5. The molecule has 4 nitrogen and oxygen atoms in total. The molecule has 2 amide bonds. The van der Waals surface area contributed by atoms with Crippen LogP contribution >= 0.6 is 0 Å². The molecule has 2 N–H and O–H groups in total. The minimum atomic E-state index is -0.848. The zero-order chi connectivity index (χ0) is 15.5. The summed E-state index contributed by atoms with van der Waals surface area (Å²) >= 11 is 0. The standard InChI is InChI=1S/C17H24N2O2/c1-4-11-18-15(20)17(9-10-17)16(21)19-14-8-6-5-7-13(14)12(2)3/h5-8,12H,4,9-11H2,1-3H3,(H,18,20)(H,19,21). The highest BCUT2D eigenvalue weighted by Gasteiger charge is 2.56. The molecule has 0 saturated heterocycles. The summed E-state index contributed by atoms with van der Waals surface area (Å²) in [6, 6.07) is 7.77. The Kier molecular flexibility index (Phi) is 4.66. The average molecular weight is 288 g/mol. The SMILES string of the molecule is CCCNC(=O)C1(C(=O)Nc2ccccc2C(C)C)CC1. The molecule has 0 unspecified atom stereocenters. The average Bonchev–Trinajstić information content (AvgIpc) is 3.26. The van der Waals surface area contributed by atoms with Crippen molar-refractivity contribution in [3.8, 4) is 0 Å². The molecule has 0 heterocycles. The third kappa shape index (κ3) is 3.26. The van der Waals surface area contributed by atoms with E-state index in [1.54, 1.807) is 0 Å². The van der Waals surface area contributed by atoms with Crippen molar-refractivity contribution in [3.63, 3.8) is 0 Å². The number of hydrogen-bond acceptors (Lipinski definition) is 2. The van der Waals surface area contributed by atoms with Crippen LogP contribution in [0.3, 0.4) is 0 Å². The van der Waals surface area contributed by atoms with Gasteiger partial charge in [-0.3, -0.25) is 9.59 Å². The maximum Gasteiger partial charge on any atom is 0.240 e. The Balaban J connectivity index is 2.10. The zero-order valence-electron chi connectivity index (χ0n) is 13.0.